The molecule has 2 fully saturated rings. The van der Waals surface area contributed by atoms with Gasteiger partial charge in [-0.1, -0.05) is 0 Å². The number of aryl methyl sites for hydroxylation is 1. The van der Waals surface area contributed by atoms with Gasteiger partial charge in [-0.25, -0.2) is 18.4 Å². The summed E-state index contributed by atoms with van der Waals surface area (Å²) in [7, 11) is 0.0772. The smallest absolute Gasteiger partial charge is 0.254 e. The predicted octanol–water partition coefficient (Wildman–Crippen LogP) is 3.36. The SMILES string of the molecule is CCN(c1ccc2cc(-c3nc4cc(C(=O)N5CCC[C@@H](N)C5)cc(OC)c4n3C)n(CC3CC3)c2n1)S(C)(=O)=O. The maximum atomic E-state index is 13.4. The summed E-state index contributed by atoms with van der Waals surface area (Å²) in [5.41, 5.74) is 9.73. The number of fused-ring (bicyclic) bond motifs is 2. The van der Waals surface area contributed by atoms with Gasteiger partial charge in [0.2, 0.25) is 10.0 Å². The topological polar surface area (TPSA) is 129 Å². The van der Waals surface area contributed by atoms with Gasteiger partial charge < -0.3 is 24.5 Å². The maximum Gasteiger partial charge on any atom is 0.254 e. The third kappa shape index (κ3) is 5.03. The number of imidazole rings is 1. The van der Waals surface area contributed by atoms with Crippen molar-refractivity contribution < 1.29 is 17.9 Å². The number of piperidine rings is 1. The Morgan fingerprint density at radius 3 is 2.61 bits per heavy atom. The van der Waals surface area contributed by atoms with E-state index >= 15 is 0 Å². The lowest BCUT2D eigenvalue weighted by Gasteiger charge is -2.30. The van der Waals surface area contributed by atoms with Crippen molar-refractivity contribution in [1.82, 2.24) is 24.0 Å². The van der Waals surface area contributed by atoms with Crippen LogP contribution in [0.2, 0.25) is 0 Å². The standard InChI is InChI=1S/C29H37N7O4S/c1-5-36(41(4,38)39)25-11-10-19-14-23(35(27(19)32-25)16-18-8-9-18)28-31-22-13-20(15-24(40-3)26(22)33(28)2)29(37)34-12-6-7-21(30)17-34/h10-11,13-15,18,21H,5-9,12,16-17,30H2,1-4H3/t21-/m1/s1. The lowest BCUT2D eigenvalue weighted by molar-refractivity contribution is 0.0708. The van der Waals surface area contributed by atoms with E-state index in [1.54, 1.807) is 26.2 Å². The Morgan fingerprint density at radius 2 is 1.95 bits per heavy atom. The summed E-state index contributed by atoms with van der Waals surface area (Å²) >= 11 is 0. The van der Waals surface area contributed by atoms with Gasteiger partial charge in [0.1, 0.15) is 22.7 Å². The Morgan fingerprint density at radius 1 is 1.17 bits per heavy atom. The van der Waals surface area contributed by atoms with E-state index in [9.17, 15) is 13.2 Å². The number of ether oxygens (including phenoxy) is 1. The first-order valence-electron chi connectivity index (χ1n) is 14.2. The van der Waals surface area contributed by atoms with Gasteiger partial charge in [0.25, 0.3) is 5.91 Å². The number of pyridine rings is 1. The van der Waals surface area contributed by atoms with E-state index in [0.29, 0.717) is 48.2 Å². The van der Waals surface area contributed by atoms with Crippen molar-refractivity contribution in [1.29, 1.82) is 0 Å². The molecule has 11 nitrogen and oxygen atoms in total. The molecule has 3 aromatic heterocycles. The van der Waals surface area contributed by atoms with Gasteiger partial charge >= 0.3 is 0 Å². The number of methoxy groups -OCH3 is 1. The number of benzene rings is 1. The molecule has 1 saturated heterocycles. The number of hydrogen-bond donors (Lipinski definition) is 1. The average Bonchev–Trinajstić information content (AvgIpc) is 3.61. The van der Waals surface area contributed by atoms with Crippen LogP contribution in [0.25, 0.3) is 33.6 Å². The molecule has 1 saturated carbocycles. The zero-order valence-corrected chi connectivity index (χ0v) is 24.8. The zero-order valence-electron chi connectivity index (χ0n) is 24.0. The Labute approximate surface area is 239 Å². The van der Waals surface area contributed by atoms with Gasteiger partial charge in [-0.2, -0.15) is 0 Å². The molecular weight excluding hydrogens is 542 g/mol. The fourth-order valence-corrected chi connectivity index (χ4v) is 6.86. The number of nitrogens with two attached hydrogens (primary N) is 1. The second kappa shape index (κ2) is 10.3. The molecule has 4 aromatic rings. The average molecular weight is 580 g/mol. The summed E-state index contributed by atoms with van der Waals surface area (Å²) in [6.45, 7) is 4.08. The van der Waals surface area contributed by atoms with E-state index in [4.69, 9.17) is 20.4 Å². The minimum Gasteiger partial charge on any atom is -0.494 e. The molecule has 6 rings (SSSR count). The molecule has 218 valence electrons. The first-order valence-corrected chi connectivity index (χ1v) is 16.0. The highest BCUT2D eigenvalue weighted by Gasteiger charge is 2.29. The number of nitrogens with zero attached hydrogens (tertiary/aromatic N) is 6. The van der Waals surface area contributed by atoms with Crippen LogP contribution in [-0.2, 0) is 23.6 Å². The van der Waals surface area contributed by atoms with Crippen LogP contribution in [0, 0.1) is 5.92 Å². The third-order valence-electron chi connectivity index (χ3n) is 8.19. The molecule has 1 atom stereocenters. The van der Waals surface area contributed by atoms with Gasteiger partial charge in [-0.3, -0.25) is 9.10 Å². The second-order valence-corrected chi connectivity index (χ2v) is 13.2. The van der Waals surface area contributed by atoms with Gasteiger partial charge in [0, 0.05) is 50.2 Å². The van der Waals surface area contributed by atoms with Crippen LogP contribution in [0.1, 0.15) is 43.0 Å². The van der Waals surface area contributed by atoms with Crippen LogP contribution in [0.15, 0.2) is 30.3 Å². The second-order valence-electron chi connectivity index (χ2n) is 11.3. The summed E-state index contributed by atoms with van der Waals surface area (Å²) in [6, 6.07) is 9.33. The lowest BCUT2D eigenvalue weighted by Crippen LogP contribution is -2.45. The Kier molecular flexibility index (Phi) is 6.93. The largest absolute Gasteiger partial charge is 0.494 e. The van der Waals surface area contributed by atoms with Crippen molar-refractivity contribution in [2.45, 2.75) is 45.2 Å². The first-order chi connectivity index (χ1) is 19.6. The normalized spacial score (nSPS) is 17.9. The number of carbonyl (C=O) groups is 1. The van der Waals surface area contributed by atoms with E-state index in [-0.39, 0.29) is 11.9 Å². The van der Waals surface area contributed by atoms with Gasteiger partial charge in [0.15, 0.2) is 5.82 Å². The van der Waals surface area contributed by atoms with E-state index in [1.165, 1.54) is 10.6 Å². The molecule has 1 aromatic carbocycles. The molecule has 1 aliphatic heterocycles. The fourth-order valence-electron chi connectivity index (χ4n) is 5.95. The van der Waals surface area contributed by atoms with Crippen molar-refractivity contribution in [3.8, 4) is 17.3 Å². The summed E-state index contributed by atoms with van der Waals surface area (Å²) in [6.07, 6.45) is 5.30. The number of aromatic nitrogens is 4. The molecule has 2 N–H and O–H groups in total. The monoisotopic (exact) mass is 579 g/mol. The number of likely N-dealkylation sites (tertiary alicyclic amines) is 1. The van der Waals surface area contributed by atoms with Gasteiger partial charge in [0.05, 0.1) is 24.6 Å². The fraction of sp³-hybridized carbons (Fsp3) is 0.483. The molecule has 0 radical (unpaired) electrons. The number of carbonyl (C=O) groups excluding carboxylic acids is 1. The van der Waals surface area contributed by atoms with Gasteiger partial charge in [-0.05, 0) is 68.9 Å². The number of rotatable bonds is 8. The summed E-state index contributed by atoms with van der Waals surface area (Å²) in [5.74, 6) is 2.16. The number of amides is 1. The van der Waals surface area contributed by atoms with E-state index < -0.39 is 10.0 Å². The number of anilines is 1. The van der Waals surface area contributed by atoms with Crippen LogP contribution in [-0.4, -0.2) is 77.4 Å². The molecule has 12 heteroatoms. The maximum absolute atomic E-state index is 13.4. The van der Waals surface area contributed by atoms with Crippen LogP contribution in [0.4, 0.5) is 5.82 Å². The minimum atomic E-state index is -3.47. The van der Waals surface area contributed by atoms with Crippen molar-refractivity contribution in [2.75, 3.05) is 37.3 Å². The molecule has 0 unspecified atom stereocenters. The van der Waals surface area contributed by atoms with Crippen molar-refractivity contribution in [3.63, 3.8) is 0 Å². The van der Waals surface area contributed by atoms with Crippen LogP contribution in [0.3, 0.4) is 0 Å². The Bertz CT molecular complexity index is 1760. The van der Waals surface area contributed by atoms with E-state index in [1.807, 2.05) is 28.6 Å². The highest BCUT2D eigenvalue weighted by Crippen LogP contribution is 2.38. The Hall–Kier alpha value is -3.64. The summed E-state index contributed by atoms with van der Waals surface area (Å²) in [5, 5.41) is 0.908. The van der Waals surface area contributed by atoms with Crippen LogP contribution < -0.4 is 14.8 Å². The molecule has 1 aliphatic carbocycles. The number of sulfonamides is 1. The Balaban J connectivity index is 1.48. The molecule has 0 spiro atoms. The molecule has 4 heterocycles. The van der Waals surface area contributed by atoms with Gasteiger partial charge in [-0.15, -0.1) is 0 Å². The van der Waals surface area contributed by atoms with Crippen molar-refractivity contribution in [3.05, 3.63) is 35.9 Å². The van der Waals surface area contributed by atoms with E-state index in [0.717, 1.165) is 60.3 Å². The highest BCUT2D eigenvalue weighted by atomic mass is 32.2. The third-order valence-corrected chi connectivity index (χ3v) is 9.43. The van der Waals surface area contributed by atoms with E-state index in [2.05, 4.69) is 10.6 Å². The first kappa shape index (κ1) is 27.5. The molecule has 2 aliphatic rings. The summed E-state index contributed by atoms with van der Waals surface area (Å²) in [4.78, 5) is 25.1. The summed E-state index contributed by atoms with van der Waals surface area (Å²) < 4.78 is 36.1. The van der Waals surface area contributed by atoms with Crippen molar-refractivity contribution in [2.24, 2.45) is 18.7 Å². The molecule has 0 bridgehead atoms. The molecule has 1 amide bonds. The van der Waals surface area contributed by atoms with Crippen LogP contribution >= 0.6 is 0 Å². The quantitative estimate of drug-likeness (QED) is 0.339. The minimum absolute atomic E-state index is 0.0101. The lowest BCUT2D eigenvalue weighted by atomic mass is 10.0. The zero-order chi connectivity index (χ0) is 29.1. The van der Waals surface area contributed by atoms with Crippen LogP contribution in [0.5, 0.6) is 5.75 Å². The molecule has 41 heavy (non-hydrogen) atoms. The highest BCUT2D eigenvalue weighted by molar-refractivity contribution is 7.92. The predicted molar refractivity (Wildman–Crippen MR) is 160 cm³/mol. The number of hydrogen-bond acceptors (Lipinski definition) is 7. The molecular formula is C29H37N7O4S. The van der Waals surface area contributed by atoms with Crippen molar-refractivity contribution >= 4 is 43.8 Å².